The van der Waals surface area contributed by atoms with Crippen molar-refractivity contribution in [1.82, 2.24) is 26.6 Å². The number of carboxylic acid groups (broad SMARTS) is 1. The number of hydrogen-bond donors (Lipinski definition) is 8. The van der Waals surface area contributed by atoms with E-state index in [0.29, 0.717) is 17.1 Å². The fourth-order valence-corrected chi connectivity index (χ4v) is 5.69. The van der Waals surface area contributed by atoms with E-state index < -0.39 is 65.4 Å². The van der Waals surface area contributed by atoms with Crippen molar-refractivity contribution in [1.29, 1.82) is 0 Å². The van der Waals surface area contributed by atoms with Gasteiger partial charge in [0.2, 0.25) is 17.7 Å². The summed E-state index contributed by atoms with van der Waals surface area (Å²) in [4.78, 5) is 53.1. The Balaban J connectivity index is 1.96. The Morgan fingerprint density at radius 1 is 0.736 bits per heavy atom. The average Bonchev–Trinajstić information content (AvgIpc) is 3.11. The summed E-state index contributed by atoms with van der Waals surface area (Å²) in [5, 5.41) is 45.7. The molecule has 5 atom stereocenters. The van der Waals surface area contributed by atoms with Gasteiger partial charge >= 0.3 is 6.09 Å². The molecule has 0 aliphatic heterocycles. The van der Waals surface area contributed by atoms with Crippen LogP contribution in [0.4, 0.5) is 4.79 Å². The van der Waals surface area contributed by atoms with E-state index >= 15 is 0 Å². The molecule has 0 bridgehead atoms. The van der Waals surface area contributed by atoms with Crippen LogP contribution in [0, 0.1) is 11.3 Å². The quantitative estimate of drug-likeness (QED) is 0.0958. The molecule has 0 saturated heterocycles. The minimum absolute atomic E-state index is 0.0294. The number of carbonyl (C=O) groups excluding carboxylic acids is 3. The van der Waals surface area contributed by atoms with E-state index in [2.05, 4.69) is 26.6 Å². The molecule has 0 heterocycles. The Labute approximate surface area is 310 Å². The van der Waals surface area contributed by atoms with Crippen molar-refractivity contribution < 1.29 is 44.0 Å². The third-order valence-electron chi connectivity index (χ3n) is 8.71. The maximum atomic E-state index is 14.2. The number of phenolic OH excluding ortho intramolecular Hbond substituents is 1. The lowest BCUT2D eigenvalue weighted by molar-refractivity contribution is -0.134. The largest absolute Gasteiger partial charge is 0.507 e. The Morgan fingerprint density at radius 3 is 1.96 bits per heavy atom. The zero-order chi connectivity index (χ0) is 39.3. The van der Waals surface area contributed by atoms with Crippen molar-refractivity contribution in [2.24, 2.45) is 11.3 Å². The van der Waals surface area contributed by atoms with E-state index in [1.54, 1.807) is 89.2 Å². The number of aliphatic hydroxyl groups is 1. The van der Waals surface area contributed by atoms with Gasteiger partial charge in [-0.1, -0.05) is 77.1 Å². The molecule has 14 heteroatoms. The Kier molecular flexibility index (Phi) is 15.5. The SMILES string of the molecule is COc1cccc(CN[C@@H](C(=O)N[C@H](C(=O)NCc2ccc(OC)cc2O)C(C)C)[C@H](O)[C@H](Cc2ccccc2)NC(=O)[C@@H](NC(=O)O)C(C)(C)C)c1. The van der Waals surface area contributed by atoms with Crippen molar-refractivity contribution in [3.63, 3.8) is 0 Å². The molecule has 3 rings (SSSR count). The zero-order valence-corrected chi connectivity index (χ0v) is 31.3. The van der Waals surface area contributed by atoms with Gasteiger partial charge in [0.15, 0.2) is 0 Å². The van der Waals surface area contributed by atoms with Gasteiger partial charge < -0.3 is 46.1 Å². The molecular formula is C39H53N5O9. The first-order valence-electron chi connectivity index (χ1n) is 17.4. The molecule has 0 aromatic heterocycles. The summed E-state index contributed by atoms with van der Waals surface area (Å²) in [5.41, 5.74) is 1.07. The highest BCUT2D eigenvalue weighted by Crippen LogP contribution is 2.24. The number of amides is 4. The number of benzene rings is 3. The molecule has 0 spiro atoms. The highest BCUT2D eigenvalue weighted by Gasteiger charge is 2.39. The predicted octanol–water partition coefficient (Wildman–Crippen LogP) is 3.10. The van der Waals surface area contributed by atoms with Crippen molar-refractivity contribution in [3.05, 3.63) is 89.5 Å². The Hall–Kier alpha value is -5.34. The first kappa shape index (κ1) is 42.1. The van der Waals surface area contributed by atoms with Crippen LogP contribution in [0.1, 0.15) is 51.3 Å². The van der Waals surface area contributed by atoms with Crippen LogP contribution in [0.5, 0.6) is 17.2 Å². The van der Waals surface area contributed by atoms with Gasteiger partial charge in [0, 0.05) is 24.7 Å². The molecule has 288 valence electrons. The topological polar surface area (TPSA) is 208 Å². The summed E-state index contributed by atoms with van der Waals surface area (Å²) in [6.45, 7) is 8.69. The van der Waals surface area contributed by atoms with Crippen LogP contribution >= 0.6 is 0 Å². The minimum Gasteiger partial charge on any atom is -0.507 e. The van der Waals surface area contributed by atoms with Gasteiger partial charge in [-0.15, -0.1) is 0 Å². The van der Waals surface area contributed by atoms with E-state index in [-0.39, 0.29) is 25.3 Å². The smallest absolute Gasteiger partial charge is 0.405 e. The minimum atomic E-state index is -1.58. The highest BCUT2D eigenvalue weighted by molar-refractivity contribution is 5.91. The molecule has 14 nitrogen and oxygen atoms in total. The molecule has 53 heavy (non-hydrogen) atoms. The molecule has 0 fully saturated rings. The molecule has 4 amide bonds. The molecule has 0 saturated carbocycles. The van der Waals surface area contributed by atoms with Gasteiger partial charge in [-0.05, 0) is 53.1 Å². The maximum Gasteiger partial charge on any atom is 0.405 e. The van der Waals surface area contributed by atoms with Crippen LogP contribution in [-0.4, -0.2) is 83.6 Å². The number of phenols is 1. The number of rotatable bonds is 18. The average molecular weight is 736 g/mol. The summed E-state index contributed by atoms with van der Waals surface area (Å²) in [6.07, 6.45) is -2.89. The predicted molar refractivity (Wildman–Crippen MR) is 199 cm³/mol. The van der Waals surface area contributed by atoms with E-state index in [9.17, 15) is 34.5 Å². The summed E-state index contributed by atoms with van der Waals surface area (Å²) < 4.78 is 10.5. The van der Waals surface area contributed by atoms with E-state index in [0.717, 1.165) is 11.1 Å². The fraction of sp³-hybridized carbons (Fsp3) is 0.436. The van der Waals surface area contributed by atoms with Gasteiger partial charge in [-0.3, -0.25) is 19.7 Å². The third kappa shape index (κ3) is 12.7. The van der Waals surface area contributed by atoms with Crippen LogP contribution in [0.2, 0.25) is 0 Å². The molecule has 3 aromatic carbocycles. The molecule has 8 N–H and O–H groups in total. The van der Waals surface area contributed by atoms with Crippen LogP contribution in [-0.2, 0) is 33.9 Å². The monoisotopic (exact) mass is 735 g/mol. The molecule has 0 aliphatic carbocycles. The van der Waals surface area contributed by atoms with Crippen LogP contribution < -0.4 is 36.1 Å². The second-order valence-corrected chi connectivity index (χ2v) is 14.2. The van der Waals surface area contributed by atoms with Crippen molar-refractivity contribution in [2.45, 2.75) is 84.4 Å². The molecule has 0 unspecified atom stereocenters. The standard InChI is InChI=1S/C39H53N5O9/c1-23(2)31(35(47)41-22-26-16-17-28(53-7)20-30(26)45)43-36(48)32(40-21-25-14-11-15-27(18-25)52-6)33(46)29(19-24-12-9-8-10-13-24)42-37(49)34(39(3,4)5)44-38(50)51/h8-18,20,23,29,31-34,40,44-46H,19,21-22H2,1-7H3,(H,41,47)(H,42,49)(H,43,48)(H,50,51)/t29-,31-,32+,33+,34+/m0/s1. The van der Waals surface area contributed by atoms with Gasteiger partial charge in [0.1, 0.15) is 35.4 Å². The van der Waals surface area contributed by atoms with Gasteiger partial charge in [-0.25, -0.2) is 4.79 Å². The molecule has 0 radical (unpaired) electrons. The van der Waals surface area contributed by atoms with Gasteiger partial charge in [0.05, 0.1) is 26.4 Å². The summed E-state index contributed by atoms with van der Waals surface area (Å²) >= 11 is 0. The maximum absolute atomic E-state index is 14.2. The van der Waals surface area contributed by atoms with Gasteiger partial charge in [0.25, 0.3) is 0 Å². The molecular weight excluding hydrogens is 682 g/mol. The highest BCUT2D eigenvalue weighted by atomic mass is 16.5. The number of methoxy groups -OCH3 is 2. The Bertz CT molecular complexity index is 1680. The number of aliphatic hydroxyl groups excluding tert-OH is 1. The zero-order valence-electron chi connectivity index (χ0n) is 31.3. The second kappa shape index (κ2) is 19.5. The summed E-state index contributed by atoms with van der Waals surface area (Å²) in [6, 6.07) is 16.1. The van der Waals surface area contributed by atoms with Crippen LogP contribution in [0.25, 0.3) is 0 Å². The fourth-order valence-electron chi connectivity index (χ4n) is 5.69. The lowest BCUT2D eigenvalue weighted by Gasteiger charge is -2.35. The van der Waals surface area contributed by atoms with Crippen molar-refractivity contribution >= 4 is 23.8 Å². The normalized spacial score (nSPS) is 14.2. The van der Waals surface area contributed by atoms with Crippen LogP contribution in [0.15, 0.2) is 72.8 Å². The van der Waals surface area contributed by atoms with Crippen LogP contribution in [0.3, 0.4) is 0 Å². The van der Waals surface area contributed by atoms with E-state index in [1.165, 1.54) is 20.3 Å². The first-order valence-corrected chi connectivity index (χ1v) is 17.4. The van der Waals surface area contributed by atoms with E-state index in [1.807, 2.05) is 12.1 Å². The number of carbonyl (C=O) groups is 4. The summed E-state index contributed by atoms with van der Waals surface area (Å²) in [5.74, 6) is -1.36. The number of nitrogens with one attached hydrogen (secondary N) is 5. The first-order chi connectivity index (χ1) is 25.0. The number of aromatic hydroxyl groups is 1. The van der Waals surface area contributed by atoms with Gasteiger partial charge in [-0.2, -0.15) is 0 Å². The number of hydrogen-bond acceptors (Lipinski definition) is 9. The lowest BCUT2D eigenvalue weighted by Crippen LogP contribution is -2.63. The second-order valence-electron chi connectivity index (χ2n) is 14.2. The third-order valence-corrected chi connectivity index (χ3v) is 8.71. The summed E-state index contributed by atoms with van der Waals surface area (Å²) in [7, 11) is 3.00. The van der Waals surface area contributed by atoms with Crippen molar-refractivity contribution in [3.8, 4) is 17.2 Å². The van der Waals surface area contributed by atoms with E-state index in [4.69, 9.17) is 9.47 Å². The van der Waals surface area contributed by atoms with Crippen molar-refractivity contribution in [2.75, 3.05) is 14.2 Å². The lowest BCUT2D eigenvalue weighted by atomic mass is 9.85. The molecule has 0 aliphatic rings. The molecule has 3 aromatic rings. The Morgan fingerprint density at radius 2 is 1.38 bits per heavy atom. The number of ether oxygens (including phenoxy) is 2.